The molecule has 5 fully saturated rings. The molecule has 0 aromatic rings. The molecule has 3 aliphatic heterocycles. The first-order valence-electron chi connectivity index (χ1n) is 14.8. The fourth-order valence-electron chi connectivity index (χ4n) is 7.18. The first-order valence-corrected chi connectivity index (χ1v) is 14.8. The molecule has 0 bridgehead atoms. The minimum absolute atomic E-state index is 0.146. The van der Waals surface area contributed by atoms with Crippen LogP contribution in [0.4, 0.5) is 0 Å². The van der Waals surface area contributed by atoms with E-state index in [1.54, 1.807) is 0 Å². The largest absolute Gasteiger partial charge is 0.394 e. The van der Waals surface area contributed by atoms with Gasteiger partial charge in [0.25, 0.3) is 0 Å². The molecule has 0 aromatic carbocycles. The van der Waals surface area contributed by atoms with Crippen LogP contribution in [0, 0.1) is 11.8 Å². The minimum Gasteiger partial charge on any atom is -0.394 e. The van der Waals surface area contributed by atoms with Gasteiger partial charge in [-0.1, -0.05) is 0 Å². The fourth-order valence-corrected chi connectivity index (χ4v) is 7.18. The van der Waals surface area contributed by atoms with Crippen molar-refractivity contribution in [3.05, 3.63) is 0 Å². The maximum atomic E-state index is 11.0. The lowest BCUT2D eigenvalue weighted by molar-refractivity contribution is -0.371. The molecule has 9 N–H and O–H groups in total. The van der Waals surface area contributed by atoms with E-state index in [4.69, 9.17) is 28.4 Å². The molecule has 15 heteroatoms. The Balaban J connectivity index is 1.40. The van der Waals surface area contributed by atoms with Gasteiger partial charge in [0.2, 0.25) is 0 Å². The van der Waals surface area contributed by atoms with Crippen LogP contribution >= 0.6 is 0 Å². The van der Waals surface area contributed by atoms with Gasteiger partial charge in [0.1, 0.15) is 42.7 Å². The third-order valence-corrected chi connectivity index (χ3v) is 9.64. The topological polar surface area (TPSA) is 237 Å². The second-order valence-electron chi connectivity index (χ2n) is 12.4. The quantitative estimate of drug-likeness (QED) is 0.134. The summed E-state index contributed by atoms with van der Waals surface area (Å²) < 4.78 is 35.4. The number of fused-ring (bicyclic) bond motifs is 1. The highest BCUT2D eigenvalue weighted by molar-refractivity contribution is 4.99. The molecular formula is C27H46O15. The lowest BCUT2D eigenvalue weighted by Gasteiger charge is -2.51. The summed E-state index contributed by atoms with van der Waals surface area (Å²) in [7, 11) is 1.52. The zero-order valence-corrected chi connectivity index (χ0v) is 23.5. The molecule has 15 nitrogen and oxygen atoms in total. The van der Waals surface area contributed by atoms with E-state index in [0.29, 0.717) is 32.1 Å². The number of ether oxygens (including phenoxy) is 6. The van der Waals surface area contributed by atoms with Crippen LogP contribution in [0.25, 0.3) is 0 Å². The number of aliphatic hydroxyl groups is 9. The highest BCUT2D eigenvalue weighted by Crippen LogP contribution is 2.44. The molecule has 3 saturated heterocycles. The number of hydrogen-bond donors (Lipinski definition) is 9. The molecule has 0 radical (unpaired) electrons. The maximum absolute atomic E-state index is 11.0. The van der Waals surface area contributed by atoms with Gasteiger partial charge in [0.05, 0.1) is 55.9 Å². The standard InChI is InChI=1S/C27H46O15/c1-37-17-4-10(2-3-13(17)30)24-18(7-12-14(31)5-11(29)6-16(12)39-24)40-27-25(22(35)21(34)19(8-28)41-27)42-26-23(36)20(33)15(32)9-38-26/h10-36H,2-9H2,1H3/t10?,11?,12?,13?,14?,15-,16?,17?,18?,19-,20+,21+,22+,23-,24?,25-,26+,27-/m1/s1. The van der Waals surface area contributed by atoms with E-state index in [1.165, 1.54) is 7.11 Å². The number of rotatable bonds is 7. The molecular weight excluding hydrogens is 564 g/mol. The average molecular weight is 611 g/mol. The normalized spacial score (nSPS) is 53.9. The molecule has 0 amide bonds. The van der Waals surface area contributed by atoms with Crippen molar-refractivity contribution in [2.45, 2.75) is 137 Å². The average Bonchev–Trinajstić information content (AvgIpc) is 2.97. The third-order valence-electron chi connectivity index (χ3n) is 9.64. The van der Waals surface area contributed by atoms with Crippen LogP contribution in [-0.4, -0.2) is 164 Å². The van der Waals surface area contributed by atoms with E-state index in [9.17, 15) is 46.0 Å². The summed E-state index contributed by atoms with van der Waals surface area (Å²) in [4.78, 5) is 0. The minimum atomic E-state index is -1.69. The molecule has 2 saturated carbocycles. The number of aliphatic hydroxyl groups excluding tert-OH is 9. The first kappa shape index (κ1) is 32.8. The fraction of sp³-hybridized carbons (Fsp3) is 1.00. The second-order valence-corrected chi connectivity index (χ2v) is 12.4. The molecule has 0 spiro atoms. The molecule has 9 unspecified atom stereocenters. The van der Waals surface area contributed by atoms with Crippen molar-refractivity contribution in [1.82, 2.24) is 0 Å². The Morgan fingerprint density at radius 2 is 1.45 bits per heavy atom. The predicted molar refractivity (Wildman–Crippen MR) is 137 cm³/mol. The van der Waals surface area contributed by atoms with Crippen LogP contribution in [0.2, 0.25) is 0 Å². The van der Waals surface area contributed by atoms with E-state index < -0.39 is 105 Å². The molecule has 5 aliphatic rings. The van der Waals surface area contributed by atoms with E-state index in [0.717, 1.165) is 0 Å². The molecule has 3 heterocycles. The molecule has 42 heavy (non-hydrogen) atoms. The summed E-state index contributed by atoms with van der Waals surface area (Å²) in [6.45, 7) is -1.01. The summed E-state index contributed by atoms with van der Waals surface area (Å²) in [5.74, 6) is -0.526. The monoisotopic (exact) mass is 610 g/mol. The van der Waals surface area contributed by atoms with E-state index >= 15 is 0 Å². The molecule has 0 aromatic heterocycles. The lowest BCUT2D eigenvalue weighted by Crippen LogP contribution is -2.64. The van der Waals surface area contributed by atoms with Crippen molar-refractivity contribution in [1.29, 1.82) is 0 Å². The maximum Gasteiger partial charge on any atom is 0.187 e. The lowest BCUT2D eigenvalue weighted by atomic mass is 9.72. The first-order chi connectivity index (χ1) is 20.0. The van der Waals surface area contributed by atoms with Gasteiger partial charge in [-0.3, -0.25) is 0 Å². The number of hydrogen-bond acceptors (Lipinski definition) is 15. The number of methoxy groups -OCH3 is 1. The van der Waals surface area contributed by atoms with Crippen LogP contribution in [0.15, 0.2) is 0 Å². The van der Waals surface area contributed by atoms with E-state index in [2.05, 4.69) is 0 Å². The predicted octanol–water partition coefficient (Wildman–Crippen LogP) is -3.90. The molecule has 244 valence electrons. The molecule has 2 aliphatic carbocycles. The zero-order valence-electron chi connectivity index (χ0n) is 23.5. The van der Waals surface area contributed by atoms with Crippen molar-refractivity contribution in [3.63, 3.8) is 0 Å². The second kappa shape index (κ2) is 13.8. The van der Waals surface area contributed by atoms with E-state index in [-0.39, 0.29) is 24.9 Å². The van der Waals surface area contributed by atoms with Crippen LogP contribution < -0.4 is 0 Å². The molecule has 5 rings (SSSR count). The van der Waals surface area contributed by atoms with Gasteiger partial charge in [0.15, 0.2) is 12.6 Å². The van der Waals surface area contributed by atoms with Gasteiger partial charge >= 0.3 is 0 Å². The Hall–Kier alpha value is -0.600. The van der Waals surface area contributed by atoms with Gasteiger partial charge in [-0.2, -0.15) is 0 Å². The Bertz CT molecular complexity index is 867. The van der Waals surface area contributed by atoms with Crippen LogP contribution in [0.3, 0.4) is 0 Å². The van der Waals surface area contributed by atoms with Crippen LogP contribution in [0.1, 0.15) is 38.5 Å². The van der Waals surface area contributed by atoms with Crippen molar-refractivity contribution < 1.29 is 74.4 Å². The van der Waals surface area contributed by atoms with Gasteiger partial charge < -0.3 is 74.4 Å². The van der Waals surface area contributed by atoms with Gasteiger partial charge in [-0.15, -0.1) is 0 Å². The summed E-state index contributed by atoms with van der Waals surface area (Å²) in [6, 6.07) is 0. The van der Waals surface area contributed by atoms with Crippen molar-refractivity contribution in [3.8, 4) is 0 Å². The zero-order chi connectivity index (χ0) is 30.3. The summed E-state index contributed by atoms with van der Waals surface area (Å²) in [6.07, 6.45) is -15.7. The van der Waals surface area contributed by atoms with Crippen molar-refractivity contribution in [2.75, 3.05) is 20.3 Å². The Labute approximate surface area is 243 Å². The van der Waals surface area contributed by atoms with Crippen molar-refractivity contribution >= 4 is 0 Å². The van der Waals surface area contributed by atoms with Crippen molar-refractivity contribution in [2.24, 2.45) is 11.8 Å². The Kier molecular flexibility index (Phi) is 10.8. The Morgan fingerprint density at radius 3 is 2.17 bits per heavy atom. The van der Waals surface area contributed by atoms with Crippen LogP contribution in [0.5, 0.6) is 0 Å². The SMILES string of the molecule is COC1CC(C2OC3CC(O)CC(O)C3CC2O[C@@H]2O[C@H](CO)[C@H](O)[C@H](O)[C@H]2O[C@@H]2OC[C@@H](O)[C@H](O)[C@H]2O)CCC1O. The highest BCUT2D eigenvalue weighted by atomic mass is 16.8. The molecule has 18 atom stereocenters. The van der Waals surface area contributed by atoms with Gasteiger partial charge in [-0.25, -0.2) is 0 Å². The highest BCUT2D eigenvalue weighted by Gasteiger charge is 2.53. The van der Waals surface area contributed by atoms with E-state index in [1.807, 2.05) is 0 Å². The summed E-state index contributed by atoms with van der Waals surface area (Å²) in [5.41, 5.74) is 0. The smallest absolute Gasteiger partial charge is 0.187 e. The van der Waals surface area contributed by atoms with Gasteiger partial charge in [0, 0.05) is 13.0 Å². The summed E-state index contributed by atoms with van der Waals surface area (Å²) in [5, 5.41) is 93.3. The van der Waals surface area contributed by atoms with Gasteiger partial charge in [-0.05, 0) is 44.4 Å². The third kappa shape index (κ3) is 6.66. The van der Waals surface area contributed by atoms with Crippen LogP contribution in [-0.2, 0) is 28.4 Å². The summed E-state index contributed by atoms with van der Waals surface area (Å²) >= 11 is 0. The Morgan fingerprint density at radius 1 is 0.690 bits per heavy atom.